The fourth-order valence-corrected chi connectivity index (χ4v) is 3.49. The largest absolute Gasteiger partial charge is 0.507 e. The van der Waals surface area contributed by atoms with Crippen molar-refractivity contribution >= 4 is 18.4 Å². The summed E-state index contributed by atoms with van der Waals surface area (Å²) in [5.41, 5.74) is 1.08. The number of benzene rings is 1. The molecule has 7 nitrogen and oxygen atoms in total. The zero-order chi connectivity index (χ0) is 20.4. The van der Waals surface area contributed by atoms with E-state index in [1.54, 1.807) is 12.1 Å². The molecule has 0 saturated carbocycles. The predicted octanol–water partition coefficient (Wildman–Crippen LogP) is 3.93. The number of ketones is 1. The lowest BCUT2D eigenvalue weighted by Crippen LogP contribution is -2.06. The second-order valence-electron chi connectivity index (χ2n) is 6.96. The average molecular weight is 407 g/mol. The van der Waals surface area contributed by atoms with E-state index >= 15 is 0 Å². The molecule has 1 unspecified atom stereocenters. The van der Waals surface area contributed by atoms with E-state index in [1.807, 2.05) is 6.92 Å². The van der Waals surface area contributed by atoms with E-state index < -0.39 is 0 Å². The van der Waals surface area contributed by atoms with Crippen molar-refractivity contribution in [2.45, 2.75) is 70.5 Å². The molecule has 8 heteroatoms. The summed E-state index contributed by atoms with van der Waals surface area (Å²) in [6.07, 6.45) is 7.37. The fraction of sp³-hybridized carbons (Fsp3) is 0.600. The number of aromatic nitrogens is 4. The third-order valence-corrected chi connectivity index (χ3v) is 5.15. The monoisotopic (exact) mass is 406 g/mol. The fourth-order valence-electron chi connectivity index (χ4n) is 3.13. The first-order chi connectivity index (χ1) is 13.5. The van der Waals surface area contributed by atoms with Crippen LogP contribution in [0.25, 0.3) is 0 Å². The molecule has 0 amide bonds. The van der Waals surface area contributed by atoms with Crippen molar-refractivity contribution in [1.82, 2.24) is 20.6 Å². The van der Waals surface area contributed by atoms with Crippen LogP contribution in [0.15, 0.2) is 12.1 Å². The lowest BCUT2D eigenvalue weighted by Gasteiger charge is -2.15. The van der Waals surface area contributed by atoms with Crippen LogP contribution < -0.4 is 4.74 Å². The van der Waals surface area contributed by atoms with Gasteiger partial charge in [-0.3, -0.25) is 4.79 Å². The van der Waals surface area contributed by atoms with E-state index in [4.69, 9.17) is 4.74 Å². The highest BCUT2D eigenvalue weighted by atomic mass is 32.1. The highest BCUT2D eigenvalue weighted by Gasteiger charge is 2.16. The number of nitrogens with zero attached hydrogens (tertiary/aromatic N) is 3. The summed E-state index contributed by atoms with van der Waals surface area (Å²) in [5, 5.41) is 24.6. The molecule has 0 fully saturated rings. The molecule has 0 aliphatic heterocycles. The minimum atomic E-state index is -0.140. The first kappa shape index (κ1) is 22.2. The van der Waals surface area contributed by atoms with Gasteiger partial charge in [0.05, 0.1) is 12.2 Å². The maximum atomic E-state index is 11.6. The van der Waals surface area contributed by atoms with Crippen LogP contribution in [0.1, 0.15) is 74.1 Å². The van der Waals surface area contributed by atoms with Crippen molar-refractivity contribution in [1.29, 1.82) is 0 Å². The molecule has 0 bridgehead atoms. The number of aryl methyl sites for hydroxylation is 1. The number of unbranched alkanes of at least 4 members (excludes halogenated alkanes) is 1. The molecule has 0 aliphatic rings. The van der Waals surface area contributed by atoms with E-state index in [0.29, 0.717) is 29.6 Å². The molecule has 154 valence electrons. The number of aromatic amines is 1. The summed E-state index contributed by atoms with van der Waals surface area (Å²) >= 11 is 4.66. The van der Waals surface area contributed by atoms with Gasteiger partial charge in [0.1, 0.15) is 11.5 Å². The van der Waals surface area contributed by atoms with Gasteiger partial charge in [0.15, 0.2) is 11.6 Å². The Hall–Kier alpha value is -2.09. The maximum Gasteiger partial charge on any atom is 0.174 e. The normalized spacial score (nSPS) is 12.1. The third kappa shape index (κ3) is 6.82. The minimum absolute atomic E-state index is 0.0560. The Labute approximate surface area is 171 Å². The first-order valence-corrected chi connectivity index (χ1v) is 10.4. The molecule has 0 radical (unpaired) electrons. The number of hydrogen-bond acceptors (Lipinski definition) is 7. The van der Waals surface area contributed by atoms with E-state index in [2.05, 4.69) is 33.3 Å². The SMILES string of the molecule is CCCc1c(OCCCC(S)CCCCc2nn[nH]n2)ccc(C(C)=O)c1O. The number of carbonyl (C=O) groups excluding carboxylic acids is 1. The van der Waals surface area contributed by atoms with Gasteiger partial charge in [-0.2, -0.15) is 17.8 Å². The topological polar surface area (TPSA) is 101 Å². The number of carbonyl (C=O) groups is 1. The molecular formula is C20H30N4O3S. The smallest absolute Gasteiger partial charge is 0.174 e. The van der Waals surface area contributed by atoms with Crippen LogP contribution >= 0.6 is 12.6 Å². The van der Waals surface area contributed by atoms with Crippen molar-refractivity contribution < 1.29 is 14.6 Å². The standard InChI is InChI=1S/C20H30N4O3S/c1-3-7-17-18(12-11-16(14(2)25)20(17)26)27-13-6-9-15(28)8-4-5-10-19-21-23-24-22-19/h11-12,15,26,28H,3-10,13H2,1-2H3,(H,21,22,23,24). The Morgan fingerprint density at radius 2 is 2.04 bits per heavy atom. The van der Waals surface area contributed by atoms with Crippen LogP contribution in [0.3, 0.4) is 0 Å². The maximum absolute atomic E-state index is 11.6. The molecule has 1 heterocycles. The summed E-state index contributed by atoms with van der Waals surface area (Å²) in [6, 6.07) is 3.43. The van der Waals surface area contributed by atoms with Crippen LogP contribution in [0.5, 0.6) is 11.5 Å². The zero-order valence-electron chi connectivity index (χ0n) is 16.6. The van der Waals surface area contributed by atoms with Gasteiger partial charge in [-0.15, -0.1) is 10.2 Å². The number of thiol groups is 1. The number of ether oxygens (including phenoxy) is 1. The lowest BCUT2D eigenvalue weighted by atomic mass is 10.0. The van der Waals surface area contributed by atoms with Gasteiger partial charge < -0.3 is 9.84 Å². The van der Waals surface area contributed by atoms with Crippen LogP contribution in [-0.2, 0) is 12.8 Å². The number of phenolic OH excluding ortho intramolecular Hbond substituents is 1. The molecule has 0 spiro atoms. The van der Waals surface area contributed by atoms with E-state index in [9.17, 15) is 9.90 Å². The Morgan fingerprint density at radius 3 is 2.71 bits per heavy atom. The van der Waals surface area contributed by atoms with Gasteiger partial charge in [-0.05, 0) is 51.2 Å². The zero-order valence-corrected chi connectivity index (χ0v) is 17.5. The molecule has 1 aromatic heterocycles. The molecule has 1 aromatic carbocycles. The average Bonchev–Trinajstić information content (AvgIpc) is 3.18. The quantitative estimate of drug-likeness (QED) is 0.265. The number of H-pyrrole nitrogens is 1. The Kier molecular flexibility index (Phi) is 9.27. The molecular weight excluding hydrogens is 376 g/mol. The van der Waals surface area contributed by atoms with Crippen molar-refractivity contribution in [3.05, 3.63) is 29.1 Å². The number of rotatable bonds is 13. The van der Waals surface area contributed by atoms with E-state index in [1.165, 1.54) is 6.92 Å². The van der Waals surface area contributed by atoms with Crippen molar-refractivity contribution in [3.8, 4) is 11.5 Å². The number of aromatic hydroxyl groups is 1. The van der Waals surface area contributed by atoms with Gasteiger partial charge in [-0.25, -0.2) is 0 Å². The van der Waals surface area contributed by atoms with Crippen molar-refractivity contribution in [2.24, 2.45) is 0 Å². The Balaban J connectivity index is 1.72. The molecule has 2 aromatic rings. The summed E-state index contributed by atoms with van der Waals surface area (Å²) in [6.45, 7) is 4.06. The number of nitrogens with one attached hydrogen (secondary N) is 1. The summed E-state index contributed by atoms with van der Waals surface area (Å²) in [5.74, 6) is 1.34. The number of tetrazole rings is 1. The number of hydrogen-bond donors (Lipinski definition) is 3. The van der Waals surface area contributed by atoms with Crippen LogP contribution in [0, 0.1) is 0 Å². The van der Waals surface area contributed by atoms with Crippen LogP contribution in [-0.4, -0.2) is 43.4 Å². The van der Waals surface area contributed by atoms with Gasteiger partial charge in [0, 0.05) is 17.2 Å². The lowest BCUT2D eigenvalue weighted by molar-refractivity contribution is 0.101. The van der Waals surface area contributed by atoms with Gasteiger partial charge in [0.2, 0.25) is 0 Å². The first-order valence-electron chi connectivity index (χ1n) is 9.91. The molecule has 1 atom stereocenters. The minimum Gasteiger partial charge on any atom is -0.507 e. The van der Waals surface area contributed by atoms with Crippen LogP contribution in [0.2, 0.25) is 0 Å². The molecule has 0 saturated heterocycles. The van der Waals surface area contributed by atoms with E-state index in [-0.39, 0.29) is 11.5 Å². The summed E-state index contributed by atoms with van der Waals surface area (Å²) in [7, 11) is 0. The number of phenols is 1. The highest BCUT2D eigenvalue weighted by Crippen LogP contribution is 2.33. The predicted molar refractivity (Wildman–Crippen MR) is 111 cm³/mol. The molecule has 2 N–H and O–H groups in total. The summed E-state index contributed by atoms with van der Waals surface area (Å²) in [4.78, 5) is 11.6. The van der Waals surface area contributed by atoms with Gasteiger partial charge in [0.25, 0.3) is 0 Å². The number of Topliss-reactive ketones (excluding diaryl/α,β-unsaturated/α-hetero) is 1. The van der Waals surface area contributed by atoms with Crippen molar-refractivity contribution in [3.63, 3.8) is 0 Å². The van der Waals surface area contributed by atoms with E-state index in [0.717, 1.165) is 56.3 Å². The molecule has 28 heavy (non-hydrogen) atoms. The second-order valence-corrected chi connectivity index (χ2v) is 7.69. The van der Waals surface area contributed by atoms with Gasteiger partial charge >= 0.3 is 0 Å². The third-order valence-electron chi connectivity index (χ3n) is 4.64. The highest BCUT2D eigenvalue weighted by molar-refractivity contribution is 7.80. The van der Waals surface area contributed by atoms with Gasteiger partial charge in [-0.1, -0.05) is 25.0 Å². The molecule has 2 rings (SSSR count). The van der Waals surface area contributed by atoms with Crippen LogP contribution in [0.4, 0.5) is 0 Å². The molecule has 0 aliphatic carbocycles. The second kappa shape index (κ2) is 11.7. The van der Waals surface area contributed by atoms with Crippen molar-refractivity contribution in [2.75, 3.05) is 6.61 Å². The Morgan fingerprint density at radius 1 is 1.25 bits per heavy atom. The summed E-state index contributed by atoms with van der Waals surface area (Å²) < 4.78 is 5.90. The Bertz CT molecular complexity index is 737.